The Kier molecular flexibility index (Phi) is 4.24. The highest BCUT2D eigenvalue weighted by Crippen LogP contribution is 2.26. The third-order valence-electron chi connectivity index (χ3n) is 3.44. The number of esters is 1. The Labute approximate surface area is 138 Å². The number of hydrogen-bond donors (Lipinski definition) is 1. The number of phenolic OH excluding ortho intramolecular Hbond substituents is 1. The molecule has 7 heteroatoms. The lowest BCUT2D eigenvalue weighted by Crippen LogP contribution is -2.04. The van der Waals surface area contributed by atoms with Crippen LogP contribution in [0.25, 0.3) is 5.65 Å². The number of methoxy groups -OCH3 is 1. The average molecular weight is 324 g/mol. The van der Waals surface area contributed by atoms with Gasteiger partial charge in [0.15, 0.2) is 5.82 Å². The number of aryl methyl sites for hydroxylation is 1. The Morgan fingerprint density at radius 1 is 1.29 bits per heavy atom. The van der Waals surface area contributed by atoms with Crippen molar-refractivity contribution in [3.05, 3.63) is 53.9 Å². The summed E-state index contributed by atoms with van der Waals surface area (Å²) in [7, 11) is 1.33. The Morgan fingerprint density at radius 2 is 2.12 bits per heavy atom. The van der Waals surface area contributed by atoms with Gasteiger partial charge in [-0.05, 0) is 30.7 Å². The predicted octanol–water partition coefficient (Wildman–Crippen LogP) is 3.48. The van der Waals surface area contributed by atoms with Gasteiger partial charge in [0.05, 0.1) is 24.9 Å². The van der Waals surface area contributed by atoms with Gasteiger partial charge in [-0.25, -0.2) is 4.98 Å². The third kappa shape index (κ3) is 3.24. The Hall–Kier alpha value is -3.22. The van der Waals surface area contributed by atoms with E-state index in [1.165, 1.54) is 13.2 Å². The number of ether oxygens (including phenoxy) is 1. The van der Waals surface area contributed by atoms with Gasteiger partial charge in [-0.3, -0.25) is 9.20 Å². The molecule has 0 fully saturated rings. The molecule has 0 aliphatic rings. The number of carbonyl (C=O) groups excluding carboxylic acids is 1. The van der Waals surface area contributed by atoms with Crippen LogP contribution in [0.4, 0.5) is 11.5 Å². The lowest BCUT2D eigenvalue weighted by Gasteiger charge is -2.00. The molecule has 0 saturated carbocycles. The van der Waals surface area contributed by atoms with Gasteiger partial charge in [0.1, 0.15) is 11.4 Å². The van der Waals surface area contributed by atoms with Gasteiger partial charge >= 0.3 is 5.97 Å². The van der Waals surface area contributed by atoms with Crippen molar-refractivity contribution in [3.63, 3.8) is 0 Å². The highest BCUT2D eigenvalue weighted by Gasteiger charge is 2.16. The highest BCUT2D eigenvalue weighted by molar-refractivity contribution is 5.74. The minimum atomic E-state index is -0.399. The quantitative estimate of drug-likeness (QED) is 0.588. The molecule has 0 saturated heterocycles. The molecule has 3 aromatic rings. The first-order chi connectivity index (χ1) is 11.6. The predicted molar refractivity (Wildman–Crippen MR) is 87.9 cm³/mol. The number of azo groups is 1. The molecular weight excluding hydrogens is 308 g/mol. The molecule has 0 amide bonds. The fraction of sp³-hybridized carbons (Fsp3) is 0.176. The normalized spacial score (nSPS) is 11.2. The van der Waals surface area contributed by atoms with Gasteiger partial charge in [0, 0.05) is 12.3 Å². The molecule has 2 aromatic heterocycles. The molecule has 0 radical (unpaired) electrons. The molecule has 24 heavy (non-hydrogen) atoms. The van der Waals surface area contributed by atoms with Crippen molar-refractivity contribution in [3.8, 4) is 5.75 Å². The van der Waals surface area contributed by atoms with E-state index in [0.29, 0.717) is 22.8 Å². The molecule has 1 N–H and O–H groups in total. The number of rotatable bonds is 4. The van der Waals surface area contributed by atoms with Crippen LogP contribution in [0.2, 0.25) is 0 Å². The van der Waals surface area contributed by atoms with E-state index in [0.717, 1.165) is 5.56 Å². The third-order valence-corrected chi connectivity index (χ3v) is 3.44. The molecule has 7 nitrogen and oxygen atoms in total. The number of imidazole rings is 1. The van der Waals surface area contributed by atoms with Crippen LogP contribution in [0.3, 0.4) is 0 Å². The van der Waals surface area contributed by atoms with E-state index < -0.39 is 5.97 Å². The number of phenols is 1. The second-order valence-corrected chi connectivity index (χ2v) is 5.29. The van der Waals surface area contributed by atoms with E-state index in [-0.39, 0.29) is 12.2 Å². The summed E-state index contributed by atoms with van der Waals surface area (Å²) in [5.74, 6) is 0.168. The van der Waals surface area contributed by atoms with Crippen LogP contribution in [0.5, 0.6) is 5.75 Å². The van der Waals surface area contributed by atoms with E-state index in [1.54, 1.807) is 22.6 Å². The molecule has 3 rings (SSSR count). The van der Waals surface area contributed by atoms with E-state index in [1.807, 2.05) is 25.3 Å². The number of pyridine rings is 1. The first-order valence-corrected chi connectivity index (χ1v) is 7.32. The summed E-state index contributed by atoms with van der Waals surface area (Å²) in [4.78, 5) is 16.0. The van der Waals surface area contributed by atoms with E-state index in [4.69, 9.17) is 4.74 Å². The summed E-state index contributed by atoms with van der Waals surface area (Å²) in [5, 5.41) is 17.9. The zero-order valence-electron chi connectivity index (χ0n) is 13.3. The Balaban J connectivity index is 2.07. The van der Waals surface area contributed by atoms with Crippen molar-refractivity contribution in [2.45, 2.75) is 13.3 Å². The van der Waals surface area contributed by atoms with Crippen LogP contribution in [0.1, 0.15) is 11.3 Å². The molecular formula is C17H16N4O3. The van der Waals surface area contributed by atoms with Crippen LogP contribution >= 0.6 is 0 Å². The zero-order chi connectivity index (χ0) is 17.1. The SMILES string of the molecule is COC(=O)Cc1nc2ccc(C)cn2c1N=Nc1cccc(O)c1. The highest BCUT2D eigenvalue weighted by atomic mass is 16.5. The topological polar surface area (TPSA) is 88.5 Å². The zero-order valence-corrected chi connectivity index (χ0v) is 13.3. The van der Waals surface area contributed by atoms with Crippen molar-refractivity contribution in [1.82, 2.24) is 9.38 Å². The second-order valence-electron chi connectivity index (χ2n) is 5.29. The fourth-order valence-corrected chi connectivity index (χ4v) is 2.28. The first kappa shape index (κ1) is 15.7. The van der Waals surface area contributed by atoms with E-state index >= 15 is 0 Å². The summed E-state index contributed by atoms with van der Waals surface area (Å²) < 4.78 is 6.49. The molecule has 122 valence electrons. The first-order valence-electron chi connectivity index (χ1n) is 7.32. The van der Waals surface area contributed by atoms with Gasteiger partial charge in [-0.15, -0.1) is 10.2 Å². The number of nitrogens with zero attached hydrogens (tertiary/aromatic N) is 4. The minimum Gasteiger partial charge on any atom is -0.508 e. The van der Waals surface area contributed by atoms with Crippen LogP contribution in [-0.2, 0) is 16.0 Å². The fourth-order valence-electron chi connectivity index (χ4n) is 2.28. The molecule has 2 heterocycles. The summed E-state index contributed by atoms with van der Waals surface area (Å²) in [6, 6.07) is 10.2. The second kappa shape index (κ2) is 6.49. The molecule has 0 unspecified atom stereocenters. The summed E-state index contributed by atoms with van der Waals surface area (Å²) in [5.41, 5.74) is 2.68. The molecule has 0 bridgehead atoms. The van der Waals surface area contributed by atoms with Gasteiger partial charge < -0.3 is 9.84 Å². The van der Waals surface area contributed by atoms with Crippen molar-refractivity contribution in [2.24, 2.45) is 10.2 Å². The van der Waals surface area contributed by atoms with Crippen molar-refractivity contribution >= 4 is 23.1 Å². The number of fused-ring (bicyclic) bond motifs is 1. The monoisotopic (exact) mass is 324 g/mol. The lowest BCUT2D eigenvalue weighted by molar-refractivity contribution is -0.139. The number of hydrogen-bond acceptors (Lipinski definition) is 6. The maximum absolute atomic E-state index is 11.6. The van der Waals surface area contributed by atoms with Gasteiger partial charge in [0.25, 0.3) is 0 Å². The molecule has 0 aliphatic carbocycles. The molecule has 0 spiro atoms. The molecule has 0 atom stereocenters. The number of benzene rings is 1. The average Bonchev–Trinajstić information content (AvgIpc) is 2.89. The Morgan fingerprint density at radius 3 is 2.88 bits per heavy atom. The molecule has 1 aromatic carbocycles. The number of aromatic hydroxyl groups is 1. The Bertz CT molecular complexity index is 931. The lowest BCUT2D eigenvalue weighted by atomic mass is 10.3. The van der Waals surface area contributed by atoms with Gasteiger partial charge in [0.2, 0.25) is 0 Å². The maximum atomic E-state index is 11.6. The number of aromatic nitrogens is 2. The van der Waals surface area contributed by atoms with Crippen LogP contribution in [-0.4, -0.2) is 27.6 Å². The van der Waals surface area contributed by atoms with Crippen LogP contribution < -0.4 is 0 Å². The van der Waals surface area contributed by atoms with E-state index in [2.05, 4.69) is 15.2 Å². The van der Waals surface area contributed by atoms with Gasteiger partial charge in [-0.1, -0.05) is 12.1 Å². The van der Waals surface area contributed by atoms with E-state index in [9.17, 15) is 9.90 Å². The van der Waals surface area contributed by atoms with Crippen molar-refractivity contribution in [2.75, 3.05) is 7.11 Å². The molecule has 0 aliphatic heterocycles. The minimum absolute atomic E-state index is 0.00558. The summed E-state index contributed by atoms with van der Waals surface area (Å²) in [6.07, 6.45) is 1.88. The summed E-state index contributed by atoms with van der Waals surface area (Å²) in [6.45, 7) is 1.95. The van der Waals surface area contributed by atoms with Crippen LogP contribution in [0.15, 0.2) is 52.8 Å². The standard InChI is InChI=1S/C17H16N4O3/c1-11-6-7-15-18-14(9-16(23)24-2)17(21(15)10-11)20-19-12-4-3-5-13(22)8-12/h3-8,10,22H,9H2,1-2H3. The number of carbonyl (C=O) groups is 1. The summed E-state index contributed by atoms with van der Waals surface area (Å²) >= 11 is 0. The smallest absolute Gasteiger partial charge is 0.311 e. The largest absolute Gasteiger partial charge is 0.508 e. The maximum Gasteiger partial charge on any atom is 0.311 e. The van der Waals surface area contributed by atoms with Crippen molar-refractivity contribution in [1.29, 1.82) is 0 Å². The van der Waals surface area contributed by atoms with Crippen LogP contribution in [0, 0.1) is 6.92 Å². The van der Waals surface area contributed by atoms with Crippen molar-refractivity contribution < 1.29 is 14.6 Å². The van der Waals surface area contributed by atoms with Gasteiger partial charge in [-0.2, -0.15) is 0 Å².